The van der Waals surface area contributed by atoms with E-state index in [0.717, 1.165) is 12.1 Å². The molecule has 0 radical (unpaired) electrons. The van der Waals surface area contributed by atoms with Gasteiger partial charge in [-0.2, -0.15) is 5.10 Å². The quantitative estimate of drug-likeness (QED) is 0.867. The monoisotopic (exact) mass is 316 g/mol. The van der Waals surface area contributed by atoms with Crippen LogP contribution < -0.4 is 0 Å². The second kappa shape index (κ2) is 4.49. The Bertz CT molecular complexity index is 617. The number of halogens is 3. The first-order valence-electron chi connectivity index (χ1n) is 4.82. The van der Waals surface area contributed by atoms with Gasteiger partial charge in [-0.3, -0.25) is 4.68 Å². The molecular formula is C11H7BrF2N2O2. The van der Waals surface area contributed by atoms with Gasteiger partial charge in [-0.1, -0.05) is 0 Å². The van der Waals surface area contributed by atoms with E-state index in [-0.39, 0.29) is 15.7 Å². The lowest BCUT2D eigenvalue weighted by Gasteiger charge is -2.04. The molecule has 0 unspecified atom stereocenters. The lowest BCUT2D eigenvalue weighted by molar-refractivity contribution is 0.0689. The largest absolute Gasteiger partial charge is 0.476 e. The van der Waals surface area contributed by atoms with E-state index >= 15 is 0 Å². The Morgan fingerprint density at radius 2 is 1.89 bits per heavy atom. The van der Waals surface area contributed by atoms with Crippen LogP contribution in [0.1, 0.15) is 10.5 Å². The van der Waals surface area contributed by atoms with Gasteiger partial charge in [0, 0.05) is 12.6 Å². The number of carboxylic acid groups (broad SMARTS) is 1. The van der Waals surface area contributed by atoms with Crippen molar-refractivity contribution in [2.75, 3.05) is 0 Å². The standard InChI is InChI=1S/C11H7BrF2N2O2/c1-16-9(4-8(15-16)11(17)18)5-2-6(13)10(12)7(14)3-5/h2-4H,1H3,(H,17,18). The minimum Gasteiger partial charge on any atom is -0.476 e. The highest BCUT2D eigenvalue weighted by Crippen LogP contribution is 2.27. The summed E-state index contributed by atoms with van der Waals surface area (Å²) >= 11 is 2.77. The highest BCUT2D eigenvalue weighted by molar-refractivity contribution is 9.10. The molecule has 1 aromatic heterocycles. The van der Waals surface area contributed by atoms with E-state index in [1.165, 1.54) is 17.8 Å². The number of aromatic carboxylic acids is 1. The maximum Gasteiger partial charge on any atom is 0.356 e. The van der Waals surface area contributed by atoms with Gasteiger partial charge in [-0.05, 0) is 34.1 Å². The predicted octanol–water partition coefficient (Wildman–Crippen LogP) is 2.83. The molecule has 0 amide bonds. The van der Waals surface area contributed by atoms with Crippen LogP contribution in [0, 0.1) is 11.6 Å². The summed E-state index contributed by atoms with van der Waals surface area (Å²) in [5.74, 6) is -2.72. The molecule has 18 heavy (non-hydrogen) atoms. The highest BCUT2D eigenvalue weighted by atomic mass is 79.9. The van der Waals surface area contributed by atoms with Crippen LogP contribution in [0.15, 0.2) is 22.7 Å². The first kappa shape index (κ1) is 12.7. The predicted molar refractivity (Wildman–Crippen MR) is 63.2 cm³/mol. The number of carbonyl (C=O) groups is 1. The second-order valence-corrected chi connectivity index (χ2v) is 4.39. The molecule has 0 aliphatic rings. The number of hydrogen-bond acceptors (Lipinski definition) is 2. The van der Waals surface area contributed by atoms with Gasteiger partial charge in [0.25, 0.3) is 0 Å². The highest BCUT2D eigenvalue weighted by Gasteiger charge is 2.15. The molecule has 2 aromatic rings. The van der Waals surface area contributed by atoms with E-state index in [1.54, 1.807) is 0 Å². The molecule has 1 aromatic carbocycles. The molecule has 0 saturated heterocycles. The van der Waals surface area contributed by atoms with Gasteiger partial charge in [0.15, 0.2) is 5.69 Å². The first-order valence-corrected chi connectivity index (χ1v) is 5.61. The Morgan fingerprint density at radius 3 is 2.33 bits per heavy atom. The summed E-state index contributed by atoms with van der Waals surface area (Å²) in [7, 11) is 1.50. The lowest BCUT2D eigenvalue weighted by Crippen LogP contribution is -1.99. The lowest BCUT2D eigenvalue weighted by atomic mass is 10.1. The topological polar surface area (TPSA) is 55.1 Å². The third kappa shape index (κ3) is 2.13. The summed E-state index contributed by atoms with van der Waals surface area (Å²) < 4.78 is 27.8. The van der Waals surface area contributed by atoms with Crippen molar-refractivity contribution in [3.8, 4) is 11.3 Å². The number of aryl methyl sites for hydroxylation is 1. The molecular weight excluding hydrogens is 310 g/mol. The van der Waals surface area contributed by atoms with Crippen LogP contribution >= 0.6 is 15.9 Å². The van der Waals surface area contributed by atoms with E-state index in [4.69, 9.17) is 5.11 Å². The number of hydrogen-bond donors (Lipinski definition) is 1. The number of aromatic nitrogens is 2. The van der Waals surface area contributed by atoms with Crippen LogP contribution in [-0.4, -0.2) is 20.9 Å². The molecule has 1 N–H and O–H groups in total. The van der Waals surface area contributed by atoms with Crippen molar-refractivity contribution < 1.29 is 18.7 Å². The Morgan fingerprint density at radius 1 is 1.33 bits per heavy atom. The zero-order chi connectivity index (χ0) is 13.4. The van der Waals surface area contributed by atoms with Crippen molar-refractivity contribution in [3.63, 3.8) is 0 Å². The van der Waals surface area contributed by atoms with Gasteiger partial charge in [-0.15, -0.1) is 0 Å². The first-order chi connectivity index (χ1) is 8.40. The fraction of sp³-hybridized carbons (Fsp3) is 0.0909. The van der Waals surface area contributed by atoms with Gasteiger partial charge in [-0.25, -0.2) is 13.6 Å². The van der Waals surface area contributed by atoms with Crippen LogP contribution in [0.25, 0.3) is 11.3 Å². The van der Waals surface area contributed by atoms with Crippen LogP contribution in [0.2, 0.25) is 0 Å². The molecule has 94 valence electrons. The van der Waals surface area contributed by atoms with Gasteiger partial charge in [0.05, 0.1) is 10.2 Å². The van der Waals surface area contributed by atoms with Gasteiger partial charge >= 0.3 is 5.97 Å². The number of nitrogens with zero attached hydrogens (tertiary/aromatic N) is 2. The maximum atomic E-state index is 13.4. The van der Waals surface area contributed by atoms with Crippen LogP contribution in [-0.2, 0) is 7.05 Å². The number of rotatable bonds is 2. The smallest absolute Gasteiger partial charge is 0.356 e. The molecule has 2 rings (SSSR count). The SMILES string of the molecule is Cn1nc(C(=O)O)cc1-c1cc(F)c(Br)c(F)c1. The molecule has 0 aliphatic heterocycles. The van der Waals surface area contributed by atoms with Crippen molar-refractivity contribution in [2.24, 2.45) is 7.05 Å². The molecule has 4 nitrogen and oxygen atoms in total. The molecule has 0 aliphatic carbocycles. The van der Waals surface area contributed by atoms with Gasteiger partial charge in [0.2, 0.25) is 0 Å². The fourth-order valence-corrected chi connectivity index (χ4v) is 1.77. The van der Waals surface area contributed by atoms with Crippen LogP contribution in [0.5, 0.6) is 0 Å². The Labute approximate surface area is 109 Å². The van der Waals surface area contributed by atoms with Crippen molar-refractivity contribution in [3.05, 3.63) is 40.0 Å². The normalized spacial score (nSPS) is 10.7. The molecule has 0 spiro atoms. The minimum absolute atomic E-state index is 0.184. The Hall–Kier alpha value is -1.76. The Kier molecular flexibility index (Phi) is 3.16. The van der Waals surface area contributed by atoms with E-state index in [1.807, 2.05) is 0 Å². The zero-order valence-electron chi connectivity index (χ0n) is 9.12. The third-order valence-electron chi connectivity index (χ3n) is 2.38. The van der Waals surface area contributed by atoms with Crippen molar-refractivity contribution in [1.82, 2.24) is 9.78 Å². The number of carboxylic acids is 1. The Balaban J connectivity index is 2.58. The zero-order valence-corrected chi connectivity index (χ0v) is 10.7. The van der Waals surface area contributed by atoms with Crippen molar-refractivity contribution in [2.45, 2.75) is 0 Å². The summed E-state index contributed by atoms with van der Waals surface area (Å²) in [5.41, 5.74) is 0.352. The fourth-order valence-electron chi connectivity index (χ4n) is 1.55. The second-order valence-electron chi connectivity index (χ2n) is 3.60. The van der Waals surface area contributed by atoms with Gasteiger partial charge < -0.3 is 5.11 Å². The third-order valence-corrected chi connectivity index (χ3v) is 3.14. The van der Waals surface area contributed by atoms with Crippen LogP contribution in [0.3, 0.4) is 0 Å². The van der Waals surface area contributed by atoms with Crippen LogP contribution in [0.4, 0.5) is 8.78 Å². The average Bonchev–Trinajstić information content (AvgIpc) is 2.68. The summed E-state index contributed by atoms with van der Waals surface area (Å²) in [6.07, 6.45) is 0. The molecule has 0 bridgehead atoms. The van der Waals surface area contributed by atoms with Crippen molar-refractivity contribution >= 4 is 21.9 Å². The maximum absolute atomic E-state index is 13.4. The van der Waals surface area contributed by atoms with E-state index in [9.17, 15) is 13.6 Å². The molecule has 1 heterocycles. The molecule has 0 fully saturated rings. The summed E-state index contributed by atoms with van der Waals surface area (Å²) in [4.78, 5) is 10.8. The summed E-state index contributed by atoms with van der Waals surface area (Å²) in [5, 5.41) is 12.5. The molecule has 7 heteroatoms. The van der Waals surface area contributed by atoms with E-state index in [2.05, 4.69) is 21.0 Å². The average molecular weight is 317 g/mol. The van der Waals surface area contributed by atoms with Crippen molar-refractivity contribution in [1.29, 1.82) is 0 Å². The molecule has 0 atom stereocenters. The summed E-state index contributed by atoms with van der Waals surface area (Å²) in [6, 6.07) is 3.47. The summed E-state index contributed by atoms with van der Waals surface area (Å²) in [6.45, 7) is 0. The van der Waals surface area contributed by atoms with E-state index in [0.29, 0.717) is 5.69 Å². The van der Waals surface area contributed by atoms with Gasteiger partial charge in [0.1, 0.15) is 11.6 Å². The minimum atomic E-state index is -1.20. The molecule has 0 saturated carbocycles. The number of benzene rings is 1. The van der Waals surface area contributed by atoms with E-state index < -0.39 is 17.6 Å².